The van der Waals surface area contributed by atoms with Gasteiger partial charge in [-0.15, -0.1) is 0 Å². The normalized spacial score (nSPS) is 24.0. The van der Waals surface area contributed by atoms with E-state index in [4.69, 9.17) is 10.5 Å². The van der Waals surface area contributed by atoms with Crippen LogP contribution in [0, 0.1) is 13.8 Å². The van der Waals surface area contributed by atoms with Crippen LogP contribution >= 0.6 is 0 Å². The topological polar surface area (TPSA) is 55.5 Å². The summed E-state index contributed by atoms with van der Waals surface area (Å²) < 4.78 is 5.36. The first-order chi connectivity index (χ1) is 9.97. The van der Waals surface area contributed by atoms with E-state index >= 15 is 0 Å². The van der Waals surface area contributed by atoms with Gasteiger partial charge in [0.25, 0.3) is 0 Å². The zero-order valence-corrected chi connectivity index (χ0v) is 12.7. The van der Waals surface area contributed by atoms with Crippen molar-refractivity contribution in [2.45, 2.75) is 31.9 Å². The Bertz CT molecular complexity index is 696. The first-order valence-electron chi connectivity index (χ1n) is 7.20. The van der Waals surface area contributed by atoms with Crippen molar-refractivity contribution in [2.75, 3.05) is 7.11 Å². The van der Waals surface area contributed by atoms with Crippen molar-refractivity contribution in [1.82, 2.24) is 0 Å². The fraction of sp³-hybridized carbons (Fsp3) is 0.333. The van der Waals surface area contributed by atoms with Crippen LogP contribution < -0.4 is 10.5 Å². The highest BCUT2D eigenvalue weighted by atomic mass is 16.5. The lowest BCUT2D eigenvalue weighted by molar-refractivity contribution is 0.0768. The molecule has 2 aromatic rings. The van der Waals surface area contributed by atoms with Gasteiger partial charge in [-0.25, -0.2) is 0 Å². The van der Waals surface area contributed by atoms with Crippen molar-refractivity contribution in [3.8, 4) is 5.75 Å². The molecule has 0 bridgehead atoms. The van der Waals surface area contributed by atoms with Crippen LogP contribution in [0.15, 0.2) is 36.4 Å². The molecule has 0 aromatic heterocycles. The molecular weight excluding hydrogens is 262 g/mol. The molecule has 3 nitrogen and oxygen atoms in total. The van der Waals surface area contributed by atoms with Crippen LogP contribution in [0.2, 0.25) is 0 Å². The maximum absolute atomic E-state index is 11.3. The predicted molar refractivity (Wildman–Crippen MR) is 83.5 cm³/mol. The summed E-state index contributed by atoms with van der Waals surface area (Å²) in [6.07, 6.45) is 0.513. The van der Waals surface area contributed by atoms with Gasteiger partial charge < -0.3 is 15.6 Å². The summed E-state index contributed by atoms with van der Waals surface area (Å²) in [6, 6.07) is 11.8. The van der Waals surface area contributed by atoms with E-state index in [9.17, 15) is 5.11 Å². The number of hydrogen-bond acceptors (Lipinski definition) is 3. The molecule has 1 aliphatic carbocycles. The van der Waals surface area contributed by atoms with Crippen LogP contribution in [0.25, 0.3) is 0 Å². The molecular formula is C18H21NO2. The molecule has 2 atom stereocenters. The average Bonchev–Trinajstić information content (AvgIpc) is 2.74. The highest BCUT2D eigenvalue weighted by Gasteiger charge is 2.43. The Morgan fingerprint density at radius 3 is 2.57 bits per heavy atom. The van der Waals surface area contributed by atoms with Gasteiger partial charge in [-0.2, -0.15) is 0 Å². The molecule has 0 saturated heterocycles. The molecule has 2 aromatic carbocycles. The maximum Gasteiger partial charge on any atom is 0.122 e. The lowest BCUT2D eigenvalue weighted by Crippen LogP contribution is -2.26. The second-order valence-corrected chi connectivity index (χ2v) is 5.89. The summed E-state index contributed by atoms with van der Waals surface area (Å²) in [5.41, 5.74) is 10.1. The summed E-state index contributed by atoms with van der Waals surface area (Å²) in [6.45, 7) is 3.99. The van der Waals surface area contributed by atoms with E-state index in [-0.39, 0.29) is 6.04 Å². The Morgan fingerprint density at radius 1 is 1.14 bits per heavy atom. The van der Waals surface area contributed by atoms with E-state index in [1.165, 1.54) is 0 Å². The maximum atomic E-state index is 11.3. The van der Waals surface area contributed by atoms with Crippen LogP contribution in [0.5, 0.6) is 5.75 Å². The lowest BCUT2D eigenvalue weighted by Gasteiger charge is -2.27. The third-order valence-electron chi connectivity index (χ3n) is 4.51. The van der Waals surface area contributed by atoms with Crippen molar-refractivity contribution in [1.29, 1.82) is 0 Å². The number of aryl methyl sites for hydroxylation is 2. The largest absolute Gasteiger partial charge is 0.496 e. The second kappa shape index (κ2) is 4.86. The summed E-state index contributed by atoms with van der Waals surface area (Å²) in [5, 5.41) is 11.3. The third-order valence-corrected chi connectivity index (χ3v) is 4.51. The Hall–Kier alpha value is -1.84. The number of rotatable bonds is 2. The molecule has 3 N–H and O–H groups in total. The Morgan fingerprint density at radius 2 is 1.86 bits per heavy atom. The fourth-order valence-corrected chi connectivity index (χ4v) is 3.45. The Balaban J connectivity index is 2.19. The van der Waals surface area contributed by atoms with E-state index in [1.54, 1.807) is 7.11 Å². The van der Waals surface area contributed by atoms with Gasteiger partial charge in [-0.05, 0) is 53.8 Å². The molecule has 3 heteroatoms. The highest BCUT2D eigenvalue weighted by molar-refractivity contribution is 5.52. The van der Waals surface area contributed by atoms with E-state index in [0.717, 1.165) is 33.6 Å². The molecule has 110 valence electrons. The van der Waals surface area contributed by atoms with Crippen LogP contribution in [0.1, 0.15) is 40.3 Å². The van der Waals surface area contributed by atoms with Crippen LogP contribution in [-0.2, 0) is 5.60 Å². The van der Waals surface area contributed by atoms with Crippen LogP contribution in [-0.4, -0.2) is 12.2 Å². The van der Waals surface area contributed by atoms with Crippen molar-refractivity contribution in [3.05, 3.63) is 64.2 Å². The Kier molecular flexibility index (Phi) is 3.27. The van der Waals surface area contributed by atoms with Gasteiger partial charge in [0.05, 0.1) is 7.11 Å². The van der Waals surface area contributed by atoms with Crippen molar-refractivity contribution >= 4 is 0 Å². The quantitative estimate of drug-likeness (QED) is 0.891. The first-order valence-corrected chi connectivity index (χ1v) is 7.20. The van der Waals surface area contributed by atoms with Crippen molar-refractivity contribution < 1.29 is 9.84 Å². The molecule has 21 heavy (non-hydrogen) atoms. The monoisotopic (exact) mass is 283 g/mol. The average molecular weight is 283 g/mol. The molecule has 3 rings (SSSR count). The van der Waals surface area contributed by atoms with Crippen molar-refractivity contribution in [2.24, 2.45) is 5.73 Å². The van der Waals surface area contributed by atoms with Gasteiger partial charge in [0, 0.05) is 12.5 Å². The fourth-order valence-electron chi connectivity index (χ4n) is 3.45. The molecule has 0 saturated carbocycles. The standard InChI is InChI=1S/C18H21NO2/c1-11-9-17(21-3)12(2)8-15(11)18(20)10-16(19)13-6-4-5-7-14(13)18/h4-9,16,20H,10,19H2,1-3H3. The molecule has 0 radical (unpaired) electrons. The van der Waals surface area contributed by atoms with Gasteiger partial charge in [-0.3, -0.25) is 0 Å². The molecule has 1 aliphatic rings. The van der Waals surface area contributed by atoms with Gasteiger partial charge in [0.2, 0.25) is 0 Å². The lowest BCUT2D eigenvalue weighted by atomic mass is 9.84. The minimum Gasteiger partial charge on any atom is -0.496 e. The third kappa shape index (κ3) is 2.04. The molecule has 2 unspecified atom stereocenters. The van der Waals surface area contributed by atoms with Gasteiger partial charge in [0.1, 0.15) is 11.4 Å². The second-order valence-electron chi connectivity index (χ2n) is 5.89. The van der Waals surface area contributed by atoms with E-state index in [2.05, 4.69) is 0 Å². The van der Waals surface area contributed by atoms with E-state index in [0.29, 0.717) is 6.42 Å². The number of hydrogen-bond donors (Lipinski definition) is 2. The summed E-state index contributed by atoms with van der Waals surface area (Å²) in [5.74, 6) is 0.843. The van der Waals surface area contributed by atoms with Crippen molar-refractivity contribution in [3.63, 3.8) is 0 Å². The molecule has 0 spiro atoms. The zero-order chi connectivity index (χ0) is 15.2. The van der Waals surface area contributed by atoms with E-state index < -0.39 is 5.60 Å². The first kappa shape index (κ1) is 14.1. The van der Waals surface area contributed by atoms with Gasteiger partial charge >= 0.3 is 0 Å². The number of fused-ring (bicyclic) bond motifs is 1. The molecule has 0 amide bonds. The molecule has 0 heterocycles. The summed E-state index contributed by atoms with van der Waals surface area (Å²) in [4.78, 5) is 0. The molecule has 0 aliphatic heterocycles. The predicted octanol–water partition coefficient (Wildman–Crippen LogP) is 2.95. The Labute approximate surface area is 125 Å². The van der Waals surface area contributed by atoms with Gasteiger partial charge in [-0.1, -0.05) is 24.3 Å². The van der Waals surface area contributed by atoms with Crippen LogP contribution in [0.3, 0.4) is 0 Å². The van der Waals surface area contributed by atoms with Crippen LogP contribution in [0.4, 0.5) is 0 Å². The summed E-state index contributed by atoms with van der Waals surface area (Å²) >= 11 is 0. The highest BCUT2D eigenvalue weighted by Crippen LogP contribution is 2.47. The number of aliphatic hydroxyl groups is 1. The zero-order valence-electron chi connectivity index (χ0n) is 12.7. The number of nitrogens with two attached hydrogens (primary N) is 1. The van der Waals surface area contributed by atoms with Gasteiger partial charge in [0.15, 0.2) is 0 Å². The smallest absolute Gasteiger partial charge is 0.122 e. The number of benzene rings is 2. The minimum atomic E-state index is -1.02. The molecule has 0 fully saturated rings. The summed E-state index contributed by atoms with van der Waals surface area (Å²) in [7, 11) is 1.66. The minimum absolute atomic E-state index is 0.131. The number of ether oxygens (including phenoxy) is 1. The SMILES string of the molecule is COc1cc(C)c(C2(O)CC(N)c3ccccc32)cc1C. The number of methoxy groups -OCH3 is 1. The van der Waals surface area contributed by atoms with E-state index in [1.807, 2.05) is 50.2 Å².